The highest BCUT2D eigenvalue weighted by Gasteiger charge is 2.14. The summed E-state index contributed by atoms with van der Waals surface area (Å²) < 4.78 is 0. The average Bonchev–Trinajstić information content (AvgIpc) is 2.25. The van der Waals surface area contributed by atoms with Crippen molar-refractivity contribution >= 4 is 12.6 Å². The Morgan fingerprint density at radius 2 is 1.62 bits per heavy atom. The summed E-state index contributed by atoms with van der Waals surface area (Å²) in [6.45, 7) is 6.70. The van der Waals surface area contributed by atoms with Crippen molar-refractivity contribution in [2.45, 2.75) is 26.7 Å². The van der Waals surface area contributed by atoms with Crippen LogP contribution in [0.25, 0.3) is 0 Å². The van der Waals surface area contributed by atoms with Crippen LogP contribution in [0, 0.1) is 5.92 Å². The van der Waals surface area contributed by atoms with Crippen molar-refractivity contribution in [1.29, 1.82) is 0 Å². The quantitative estimate of drug-likeness (QED) is 0.642. The highest BCUT2D eigenvalue weighted by molar-refractivity contribution is 7.79. The summed E-state index contributed by atoms with van der Waals surface area (Å²) >= 11 is 3.53. The van der Waals surface area contributed by atoms with Gasteiger partial charge in [0.05, 0.1) is 0 Å². The Kier molecular flexibility index (Phi) is 14.8. The minimum absolute atomic E-state index is 0.383. The summed E-state index contributed by atoms with van der Waals surface area (Å²) in [6, 6.07) is 0. The predicted molar refractivity (Wildman–Crippen MR) is 63.6 cm³/mol. The molecule has 0 aliphatic carbocycles. The molecule has 1 rings (SSSR count). The molecule has 1 aliphatic rings. The first-order valence-electron chi connectivity index (χ1n) is 5.07. The van der Waals surface area contributed by atoms with Crippen molar-refractivity contribution in [3.63, 3.8) is 0 Å². The SMILES string of the molecule is CC.CN1CCC(CO)CC1.CS. The fourth-order valence-corrected chi connectivity index (χ4v) is 1.24. The number of hydrogen-bond donors (Lipinski definition) is 2. The maximum absolute atomic E-state index is 8.76. The second-order valence-corrected chi connectivity index (χ2v) is 2.93. The largest absolute Gasteiger partial charge is 0.396 e. The van der Waals surface area contributed by atoms with E-state index >= 15 is 0 Å². The molecule has 0 bridgehead atoms. The molecule has 0 saturated carbocycles. The van der Waals surface area contributed by atoms with Gasteiger partial charge in [0.25, 0.3) is 0 Å². The minimum Gasteiger partial charge on any atom is -0.396 e. The van der Waals surface area contributed by atoms with Crippen LogP contribution in [0.3, 0.4) is 0 Å². The van der Waals surface area contributed by atoms with E-state index in [0.717, 1.165) is 13.1 Å². The summed E-state index contributed by atoms with van der Waals surface area (Å²) in [4.78, 5) is 2.31. The fraction of sp³-hybridized carbons (Fsp3) is 1.00. The molecule has 0 amide bonds. The van der Waals surface area contributed by atoms with Crippen LogP contribution in [0.2, 0.25) is 0 Å². The Bertz CT molecular complexity index is 83.0. The van der Waals surface area contributed by atoms with Crippen LogP contribution in [0.15, 0.2) is 0 Å². The van der Waals surface area contributed by atoms with Crippen LogP contribution in [-0.4, -0.2) is 43.0 Å². The average molecular weight is 207 g/mol. The topological polar surface area (TPSA) is 23.5 Å². The summed E-state index contributed by atoms with van der Waals surface area (Å²) in [5, 5.41) is 8.76. The van der Waals surface area contributed by atoms with Gasteiger partial charge in [0.1, 0.15) is 0 Å². The maximum Gasteiger partial charge on any atom is 0.0460 e. The van der Waals surface area contributed by atoms with Gasteiger partial charge in [-0.1, -0.05) is 13.8 Å². The third kappa shape index (κ3) is 8.60. The molecule has 82 valence electrons. The molecule has 1 fully saturated rings. The van der Waals surface area contributed by atoms with Gasteiger partial charge in [-0.25, -0.2) is 0 Å². The van der Waals surface area contributed by atoms with Gasteiger partial charge in [-0.3, -0.25) is 0 Å². The van der Waals surface area contributed by atoms with E-state index in [1.165, 1.54) is 12.8 Å². The highest BCUT2D eigenvalue weighted by Crippen LogP contribution is 2.14. The zero-order valence-electron chi connectivity index (χ0n) is 9.45. The highest BCUT2D eigenvalue weighted by atomic mass is 32.1. The van der Waals surface area contributed by atoms with Crippen molar-refractivity contribution in [3.8, 4) is 0 Å². The van der Waals surface area contributed by atoms with Gasteiger partial charge in [-0.15, -0.1) is 0 Å². The van der Waals surface area contributed by atoms with Crippen molar-refractivity contribution in [1.82, 2.24) is 4.90 Å². The molecule has 1 heterocycles. The minimum atomic E-state index is 0.383. The van der Waals surface area contributed by atoms with E-state index in [4.69, 9.17) is 5.11 Å². The third-order valence-electron chi connectivity index (χ3n) is 2.10. The standard InChI is InChI=1S/C7H15NO.C2H6.CH4S/c1-8-4-2-7(6-9)3-5-8;2*1-2/h7,9H,2-6H2,1H3;1-2H3;2H,1H3. The van der Waals surface area contributed by atoms with Crippen molar-refractivity contribution < 1.29 is 5.11 Å². The van der Waals surface area contributed by atoms with Crippen LogP contribution in [-0.2, 0) is 0 Å². The summed E-state index contributed by atoms with van der Waals surface area (Å²) in [6.07, 6.45) is 4.04. The molecule has 3 heteroatoms. The number of thiol groups is 1. The van der Waals surface area contributed by atoms with Crippen molar-refractivity contribution in [2.75, 3.05) is 33.0 Å². The number of rotatable bonds is 1. The molecule has 0 atom stereocenters. The van der Waals surface area contributed by atoms with E-state index in [2.05, 4.69) is 24.6 Å². The lowest BCUT2D eigenvalue weighted by Crippen LogP contribution is -2.31. The second kappa shape index (κ2) is 12.3. The molecule has 0 spiro atoms. The van der Waals surface area contributed by atoms with Crippen LogP contribution < -0.4 is 0 Å². The molecule has 1 N–H and O–H groups in total. The van der Waals surface area contributed by atoms with Crippen LogP contribution >= 0.6 is 12.6 Å². The lowest BCUT2D eigenvalue weighted by atomic mass is 9.98. The molecule has 0 aromatic carbocycles. The maximum atomic E-state index is 8.76. The summed E-state index contributed by atoms with van der Waals surface area (Å²) in [5.41, 5.74) is 0. The molecule has 1 saturated heterocycles. The Hall–Kier alpha value is 0.270. The summed E-state index contributed by atoms with van der Waals surface area (Å²) in [7, 11) is 2.13. The molecule has 0 radical (unpaired) electrons. The van der Waals surface area contributed by atoms with Gasteiger partial charge in [0.2, 0.25) is 0 Å². The molecule has 2 nitrogen and oxygen atoms in total. The van der Waals surface area contributed by atoms with Gasteiger partial charge in [-0.05, 0) is 45.2 Å². The molecule has 1 aliphatic heterocycles. The smallest absolute Gasteiger partial charge is 0.0460 e. The monoisotopic (exact) mass is 207 g/mol. The van der Waals surface area contributed by atoms with Gasteiger partial charge in [0, 0.05) is 6.61 Å². The number of nitrogens with zero attached hydrogens (tertiary/aromatic N) is 1. The Morgan fingerprint density at radius 1 is 1.23 bits per heavy atom. The second-order valence-electron chi connectivity index (χ2n) is 2.93. The molecular formula is C10H25NOS. The fourth-order valence-electron chi connectivity index (χ4n) is 1.24. The Morgan fingerprint density at radius 3 is 1.92 bits per heavy atom. The lowest BCUT2D eigenvalue weighted by molar-refractivity contribution is 0.148. The first kappa shape index (κ1) is 15.7. The normalized spacial score (nSPS) is 18.0. The number of aliphatic hydroxyl groups excluding tert-OH is 1. The molecule has 0 aromatic rings. The van der Waals surface area contributed by atoms with Gasteiger partial charge < -0.3 is 10.0 Å². The van der Waals surface area contributed by atoms with Gasteiger partial charge >= 0.3 is 0 Å². The molecule has 13 heavy (non-hydrogen) atoms. The van der Waals surface area contributed by atoms with Crippen LogP contribution in [0.1, 0.15) is 26.7 Å². The number of aliphatic hydroxyl groups is 1. The van der Waals surface area contributed by atoms with Crippen LogP contribution in [0.4, 0.5) is 0 Å². The number of likely N-dealkylation sites (tertiary alicyclic amines) is 1. The van der Waals surface area contributed by atoms with E-state index in [-0.39, 0.29) is 0 Å². The van der Waals surface area contributed by atoms with Gasteiger partial charge in [0.15, 0.2) is 0 Å². The Balaban J connectivity index is 0. The van der Waals surface area contributed by atoms with E-state index in [0.29, 0.717) is 12.5 Å². The summed E-state index contributed by atoms with van der Waals surface area (Å²) in [5.74, 6) is 0.584. The van der Waals surface area contributed by atoms with E-state index in [1.54, 1.807) is 6.26 Å². The zero-order chi connectivity index (χ0) is 10.7. The van der Waals surface area contributed by atoms with E-state index in [1.807, 2.05) is 13.8 Å². The van der Waals surface area contributed by atoms with E-state index in [9.17, 15) is 0 Å². The number of hydrogen-bond acceptors (Lipinski definition) is 3. The predicted octanol–water partition coefficient (Wildman–Crippen LogP) is 1.89. The molecule has 0 aromatic heterocycles. The first-order chi connectivity index (χ1) is 6.33. The first-order valence-corrected chi connectivity index (χ1v) is 5.96. The third-order valence-corrected chi connectivity index (χ3v) is 2.10. The Labute approximate surface area is 88.7 Å². The molecular weight excluding hydrogens is 182 g/mol. The number of piperidine rings is 1. The zero-order valence-corrected chi connectivity index (χ0v) is 10.3. The van der Waals surface area contributed by atoms with E-state index < -0.39 is 0 Å². The van der Waals surface area contributed by atoms with Crippen molar-refractivity contribution in [3.05, 3.63) is 0 Å². The molecule has 0 unspecified atom stereocenters. The van der Waals surface area contributed by atoms with Crippen molar-refractivity contribution in [2.24, 2.45) is 5.92 Å². The lowest BCUT2D eigenvalue weighted by Gasteiger charge is -2.27. The van der Waals surface area contributed by atoms with Crippen LogP contribution in [0.5, 0.6) is 0 Å². The van der Waals surface area contributed by atoms with Gasteiger partial charge in [-0.2, -0.15) is 12.6 Å².